The van der Waals surface area contributed by atoms with E-state index in [0.29, 0.717) is 5.75 Å². The molecule has 1 aromatic carbocycles. The van der Waals surface area contributed by atoms with Crippen molar-refractivity contribution in [1.29, 1.82) is 0 Å². The molecule has 0 aromatic heterocycles. The van der Waals surface area contributed by atoms with Crippen LogP contribution in [0.1, 0.15) is 13.8 Å². The Bertz CT molecular complexity index is 288. The van der Waals surface area contributed by atoms with E-state index in [0.717, 1.165) is 6.92 Å². The molecule has 0 amide bonds. The summed E-state index contributed by atoms with van der Waals surface area (Å²) in [4.78, 5) is 19.4. The fourth-order valence-electron chi connectivity index (χ4n) is 0.655. The van der Waals surface area contributed by atoms with Crippen LogP contribution in [-0.2, 0) is 9.59 Å². The van der Waals surface area contributed by atoms with Crippen LogP contribution < -0.4 is 4.74 Å². The van der Waals surface area contributed by atoms with Gasteiger partial charge in [-0.3, -0.25) is 9.59 Å². The summed E-state index contributed by atoms with van der Waals surface area (Å²) in [6.45, 7) is 2.47. The summed E-state index contributed by atoms with van der Waals surface area (Å²) in [6, 6.07) is 8.98. The molecule has 0 radical (unpaired) electrons. The Morgan fingerprint density at radius 2 is 1.57 bits per heavy atom. The molecular weight excluding hydrogens is 184 g/mol. The van der Waals surface area contributed by atoms with Crippen LogP contribution in [0.3, 0.4) is 0 Å². The fraction of sp³-hybridized carbons (Fsp3) is 0.200. The van der Waals surface area contributed by atoms with Crippen molar-refractivity contribution < 1.29 is 19.4 Å². The summed E-state index contributed by atoms with van der Waals surface area (Å²) in [7, 11) is 0. The molecule has 0 aliphatic heterocycles. The van der Waals surface area contributed by atoms with Gasteiger partial charge in [0.05, 0.1) is 0 Å². The molecule has 4 heteroatoms. The van der Waals surface area contributed by atoms with Crippen LogP contribution in [0.2, 0.25) is 0 Å². The number of benzene rings is 1. The van der Waals surface area contributed by atoms with Crippen molar-refractivity contribution in [2.24, 2.45) is 0 Å². The van der Waals surface area contributed by atoms with Crippen LogP contribution in [0.15, 0.2) is 30.3 Å². The second-order valence-corrected chi connectivity index (χ2v) is 2.43. The van der Waals surface area contributed by atoms with Gasteiger partial charge in [-0.15, -0.1) is 0 Å². The van der Waals surface area contributed by atoms with Crippen molar-refractivity contribution >= 4 is 11.9 Å². The van der Waals surface area contributed by atoms with Gasteiger partial charge in [0.1, 0.15) is 5.75 Å². The Kier molecular flexibility index (Phi) is 5.78. The number of carboxylic acids is 1. The van der Waals surface area contributed by atoms with Gasteiger partial charge in [-0.1, -0.05) is 18.2 Å². The number of hydrogen-bond acceptors (Lipinski definition) is 3. The van der Waals surface area contributed by atoms with Gasteiger partial charge in [-0.2, -0.15) is 0 Å². The minimum absolute atomic E-state index is 0.286. The van der Waals surface area contributed by atoms with Crippen molar-refractivity contribution in [3.05, 3.63) is 30.3 Å². The molecule has 0 saturated heterocycles. The predicted octanol–water partition coefficient (Wildman–Crippen LogP) is 1.70. The Morgan fingerprint density at radius 1 is 1.14 bits per heavy atom. The van der Waals surface area contributed by atoms with Gasteiger partial charge in [0.25, 0.3) is 5.97 Å². The summed E-state index contributed by atoms with van der Waals surface area (Å²) in [5, 5.41) is 7.42. The van der Waals surface area contributed by atoms with Crippen molar-refractivity contribution in [3.8, 4) is 5.75 Å². The number of para-hydroxylation sites is 1. The topological polar surface area (TPSA) is 63.6 Å². The first-order valence-electron chi connectivity index (χ1n) is 3.95. The second-order valence-electron chi connectivity index (χ2n) is 2.43. The maximum atomic E-state index is 10.4. The lowest BCUT2D eigenvalue weighted by Gasteiger charge is -1.97. The van der Waals surface area contributed by atoms with Crippen LogP contribution in [0.25, 0.3) is 0 Å². The van der Waals surface area contributed by atoms with Crippen LogP contribution in [-0.4, -0.2) is 17.0 Å². The number of hydrogen-bond donors (Lipinski definition) is 1. The summed E-state index contributed by atoms with van der Waals surface area (Å²) < 4.78 is 4.78. The molecule has 0 heterocycles. The standard InChI is InChI=1S/C8H8O2.C2H4O2/c1-7(9)10-8-5-3-2-4-6-8;1-2(3)4/h2-6H,1H3;1H3,(H,3,4). The first-order chi connectivity index (χ1) is 6.52. The van der Waals surface area contributed by atoms with Crippen LogP contribution in [0, 0.1) is 0 Å². The third-order valence-corrected chi connectivity index (χ3v) is 1.00. The van der Waals surface area contributed by atoms with Crippen LogP contribution >= 0.6 is 0 Å². The van der Waals surface area contributed by atoms with E-state index in [9.17, 15) is 4.79 Å². The molecule has 0 bridgehead atoms. The first-order valence-corrected chi connectivity index (χ1v) is 3.95. The lowest BCUT2D eigenvalue weighted by Crippen LogP contribution is -2.00. The number of aliphatic carboxylic acids is 1. The number of carboxylic acid groups (broad SMARTS) is 1. The summed E-state index contributed by atoms with van der Waals surface area (Å²) >= 11 is 0. The lowest BCUT2D eigenvalue weighted by molar-refractivity contribution is -0.134. The number of rotatable bonds is 1. The molecule has 0 aliphatic rings. The first kappa shape index (κ1) is 12.2. The Morgan fingerprint density at radius 3 is 1.93 bits per heavy atom. The average molecular weight is 196 g/mol. The molecule has 0 saturated carbocycles. The zero-order valence-corrected chi connectivity index (χ0v) is 8.06. The summed E-state index contributed by atoms with van der Waals surface area (Å²) in [5.41, 5.74) is 0. The quantitative estimate of drug-likeness (QED) is 0.548. The lowest BCUT2D eigenvalue weighted by atomic mass is 10.3. The van der Waals surface area contributed by atoms with E-state index in [-0.39, 0.29) is 5.97 Å². The zero-order valence-electron chi connectivity index (χ0n) is 8.06. The maximum Gasteiger partial charge on any atom is 0.308 e. The molecule has 14 heavy (non-hydrogen) atoms. The molecule has 0 fully saturated rings. The molecule has 0 spiro atoms. The van der Waals surface area contributed by atoms with E-state index < -0.39 is 5.97 Å². The molecule has 4 nitrogen and oxygen atoms in total. The number of carbonyl (C=O) groups is 2. The SMILES string of the molecule is CC(=O)O.CC(=O)Oc1ccccc1. The highest BCUT2D eigenvalue weighted by molar-refractivity contribution is 5.69. The highest BCUT2D eigenvalue weighted by Gasteiger charge is 1.92. The highest BCUT2D eigenvalue weighted by Crippen LogP contribution is 2.07. The summed E-state index contributed by atoms with van der Waals surface area (Å²) in [5.74, 6) is -0.527. The largest absolute Gasteiger partial charge is 0.481 e. The third kappa shape index (κ3) is 8.26. The smallest absolute Gasteiger partial charge is 0.308 e. The minimum atomic E-state index is -0.833. The molecule has 1 N–H and O–H groups in total. The van der Waals surface area contributed by atoms with E-state index in [4.69, 9.17) is 14.6 Å². The predicted molar refractivity (Wildman–Crippen MR) is 51.1 cm³/mol. The Balaban J connectivity index is 0.000000364. The van der Waals surface area contributed by atoms with Gasteiger partial charge < -0.3 is 9.84 Å². The monoisotopic (exact) mass is 196 g/mol. The molecule has 76 valence electrons. The zero-order chi connectivity index (χ0) is 11.0. The number of ether oxygens (including phenoxy) is 1. The van der Waals surface area contributed by atoms with Crippen molar-refractivity contribution in [2.45, 2.75) is 13.8 Å². The molecule has 1 aromatic rings. The Labute approximate surface area is 82.1 Å². The van der Waals surface area contributed by atoms with E-state index in [2.05, 4.69) is 0 Å². The van der Waals surface area contributed by atoms with Crippen molar-refractivity contribution in [3.63, 3.8) is 0 Å². The van der Waals surface area contributed by atoms with E-state index in [1.165, 1.54) is 6.92 Å². The van der Waals surface area contributed by atoms with Gasteiger partial charge in [-0.05, 0) is 12.1 Å². The normalized spacial score (nSPS) is 8.14. The third-order valence-electron chi connectivity index (χ3n) is 1.00. The van der Waals surface area contributed by atoms with E-state index in [1.54, 1.807) is 12.1 Å². The van der Waals surface area contributed by atoms with Gasteiger partial charge in [0.15, 0.2) is 0 Å². The molecule has 0 atom stereocenters. The minimum Gasteiger partial charge on any atom is -0.481 e. The Hall–Kier alpha value is -1.84. The average Bonchev–Trinajstić information content (AvgIpc) is 2.03. The number of carbonyl (C=O) groups excluding carboxylic acids is 1. The molecule has 0 aliphatic carbocycles. The van der Waals surface area contributed by atoms with E-state index in [1.807, 2.05) is 18.2 Å². The van der Waals surface area contributed by atoms with Gasteiger partial charge in [0.2, 0.25) is 0 Å². The van der Waals surface area contributed by atoms with Crippen molar-refractivity contribution in [1.82, 2.24) is 0 Å². The van der Waals surface area contributed by atoms with Gasteiger partial charge >= 0.3 is 5.97 Å². The number of esters is 1. The van der Waals surface area contributed by atoms with Gasteiger partial charge in [0, 0.05) is 13.8 Å². The highest BCUT2D eigenvalue weighted by atomic mass is 16.5. The second kappa shape index (κ2) is 6.65. The molecule has 0 unspecified atom stereocenters. The van der Waals surface area contributed by atoms with E-state index >= 15 is 0 Å². The van der Waals surface area contributed by atoms with Gasteiger partial charge in [-0.25, -0.2) is 0 Å². The molecular formula is C10H12O4. The summed E-state index contributed by atoms with van der Waals surface area (Å²) in [6.07, 6.45) is 0. The van der Waals surface area contributed by atoms with Crippen molar-refractivity contribution in [2.75, 3.05) is 0 Å². The van der Waals surface area contributed by atoms with Crippen LogP contribution in [0.4, 0.5) is 0 Å². The van der Waals surface area contributed by atoms with Crippen LogP contribution in [0.5, 0.6) is 5.75 Å². The maximum absolute atomic E-state index is 10.4. The fourth-order valence-corrected chi connectivity index (χ4v) is 0.655. The molecule has 1 rings (SSSR count).